The molecule has 0 heterocycles. The highest BCUT2D eigenvalue weighted by atomic mass is 127. The molecule has 1 aromatic carbocycles. The number of guanidine groups is 1. The van der Waals surface area contributed by atoms with E-state index in [9.17, 15) is 5.11 Å². The van der Waals surface area contributed by atoms with Gasteiger partial charge in [-0.2, -0.15) is 0 Å². The van der Waals surface area contributed by atoms with Gasteiger partial charge >= 0.3 is 0 Å². The minimum atomic E-state index is -0.0153. The average molecular weight is 305 g/mol. The summed E-state index contributed by atoms with van der Waals surface area (Å²) >= 11 is 2.08. The molecule has 0 radical (unpaired) electrons. The molecule has 0 aliphatic rings. The van der Waals surface area contributed by atoms with Gasteiger partial charge in [0, 0.05) is 6.54 Å². The molecule has 1 rings (SSSR count). The molecule has 5 N–H and O–H groups in total. The number of hydrogen-bond donors (Lipinski definition) is 4. The summed E-state index contributed by atoms with van der Waals surface area (Å²) in [6.45, 7) is 0.635. The Morgan fingerprint density at radius 2 is 2.29 bits per heavy atom. The maximum Gasteiger partial charge on any atom is 0.185 e. The molecule has 1 aromatic rings. The number of hydrogen-bond acceptors (Lipinski definition) is 2. The van der Waals surface area contributed by atoms with Gasteiger partial charge in [0.05, 0.1) is 3.57 Å². The minimum absolute atomic E-state index is 0.0153. The van der Waals surface area contributed by atoms with Crippen LogP contribution in [0.1, 0.15) is 5.56 Å². The Balaban J connectivity index is 2.51. The number of nitrogens with one attached hydrogen (secondary N) is 2. The Bertz CT molecular complexity index is 341. The van der Waals surface area contributed by atoms with E-state index in [2.05, 4.69) is 27.9 Å². The van der Waals surface area contributed by atoms with Gasteiger partial charge in [0.15, 0.2) is 5.96 Å². The summed E-state index contributed by atoms with van der Waals surface area (Å²) in [7, 11) is 0. The van der Waals surface area contributed by atoms with Gasteiger partial charge in [0.2, 0.25) is 0 Å². The van der Waals surface area contributed by atoms with Crippen LogP contribution in [0.25, 0.3) is 0 Å². The van der Waals surface area contributed by atoms with Crippen LogP contribution in [0.3, 0.4) is 0 Å². The molecule has 0 aliphatic heterocycles. The highest BCUT2D eigenvalue weighted by Gasteiger charge is 1.99. The second kappa shape index (κ2) is 5.04. The predicted molar refractivity (Wildman–Crippen MR) is 64.4 cm³/mol. The van der Waals surface area contributed by atoms with Crippen molar-refractivity contribution in [2.24, 2.45) is 5.73 Å². The lowest BCUT2D eigenvalue weighted by atomic mass is 10.1. The van der Waals surface area contributed by atoms with Crippen LogP contribution >= 0.6 is 22.6 Å². The topological polar surface area (TPSA) is 82.1 Å². The van der Waals surface area contributed by atoms with Crippen molar-refractivity contribution in [3.05, 3.63) is 27.3 Å². The largest absolute Gasteiger partial charge is 0.507 e. The SMILES string of the molecule is N=C(N)NCCc1ccc(O)c(I)c1. The van der Waals surface area contributed by atoms with Crippen molar-refractivity contribution in [3.8, 4) is 5.75 Å². The number of nitrogens with two attached hydrogens (primary N) is 1. The van der Waals surface area contributed by atoms with Crippen molar-refractivity contribution in [2.45, 2.75) is 6.42 Å². The smallest absolute Gasteiger partial charge is 0.185 e. The van der Waals surface area contributed by atoms with Gasteiger partial charge in [-0.1, -0.05) is 6.07 Å². The van der Waals surface area contributed by atoms with E-state index in [1.807, 2.05) is 12.1 Å². The van der Waals surface area contributed by atoms with Crippen LogP contribution in [-0.2, 0) is 6.42 Å². The van der Waals surface area contributed by atoms with Crippen molar-refractivity contribution in [3.63, 3.8) is 0 Å². The lowest BCUT2D eigenvalue weighted by Crippen LogP contribution is -2.31. The molecular formula is C9H12IN3O. The summed E-state index contributed by atoms with van der Waals surface area (Å²) in [5.41, 5.74) is 6.25. The van der Waals surface area contributed by atoms with E-state index in [0.29, 0.717) is 12.3 Å². The predicted octanol–water partition coefficient (Wildman–Crippen LogP) is 1.02. The first-order chi connectivity index (χ1) is 6.59. The van der Waals surface area contributed by atoms with Gasteiger partial charge in [-0.15, -0.1) is 0 Å². The standard InChI is InChI=1S/C9H12IN3O/c10-7-5-6(1-2-8(7)14)3-4-13-9(11)12/h1-2,5,14H,3-4H2,(H4,11,12,13). The number of rotatable bonds is 3. The highest BCUT2D eigenvalue weighted by molar-refractivity contribution is 14.1. The van der Waals surface area contributed by atoms with Crippen LogP contribution in [0.5, 0.6) is 5.75 Å². The second-order valence-electron chi connectivity index (χ2n) is 2.88. The van der Waals surface area contributed by atoms with E-state index in [1.54, 1.807) is 6.07 Å². The van der Waals surface area contributed by atoms with Crippen molar-refractivity contribution in [1.29, 1.82) is 5.41 Å². The van der Waals surface area contributed by atoms with Gasteiger partial charge < -0.3 is 16.2 Å². The monoisotopic (exact) mass is 305 g/mol. The number of benzene rings is 1. The van der Waals surface area contributed by atoms with Crippen molar-refractivity contribution in [1.82, 2.24) is 5.32 Å². The molecule has 0 amide bonds. The van der Waals surface area contributed by atoms with E-state index in [4.69, 9.17) is 11.1 Å². The van der Waals surface area contributed by atoms with Crippen LogP contribution in [0.4, 0.5) is 0 Å². The van der Waals surface area contributed by atoms with Crippen LogP contribution < -0.4 is 11.1 Å². The molecule has 0 aliphatic carbocycles. The van der Waals surface area contributed by atoms with Crippen molar-refractivity contribution >= 4 is 28.6 Å². The summed E-state index contributed by atoms with van der Waals surface area (Å²) in [5.74, 6) is 0.285. The fourth-order valence-corrected chi connectivity index (χ4v) is 1.63. The second-order valence-corrected chi connectivity index (χ2v) is 4.04. The molecule has 14 heavy (non-hydrogen) atoms. The summed E-state index contributed by atoms with van der Waals surface area (Å²) in [5, 5.41) is 19.0. The molecule has 0 saturated heterocycles. The number of aromatic hydroxyl groups is 1. The molecule has 0 fully saturated rings. The maximum absolute atomic E-state index is 9.28. The van der Waals surface area contributed by atoms with E-state index >= 15 is 0 Å². The van der Waals surface area contributed by atoms with Gasteiger partial charge in [0.1, 0.15) is 5.75 Å². The Kier molecular flexibility index (Phi) is 3.99. The lowest BCUT2D eigenvalue weighted by Gasteiger charge is -2.05. The zero-order valence-corrected chi connectivity index (χ0v) is 9.71. The van der Waals surface area contributed by atoms with E-state index < -0.39 is 0 Å². The van der Waals surface area contributed by atoms with Crippen LogP contribution in [0.15, 0.2) is 18.2 Å². The van der Waals surface area contributed by atoms with Crippen molar-refractivity contribution in [2.75, 3.05) is 6.54 Å². The van der Waals surface area contributed by atoms with E-state index in [1.165, 1.54) is 0 Å². The third kappa shape index (κ3) is 3.41. The maximum atomic E-state index is 9.28. The quantitative estimate of drug-likeness (QED) is 0.382. The first kappa shape index (κ1) is 11.1. The Labute approximate surface area is 96.2 Å². The van der Waals surface area contributed by atoms with Crippen LogP contribution in [-0.4, -0.2) is 17.6 Å². The lowest BCUT2D eigenvalue weighted by molar-refractivity contribution is 0.471. The summed E-state index contributed by atoms with van der Waals surface area (Å²) < 4.78 is 0.836. The van der Waals surface area contributed by atoms with Crippen LogP contribution in [0.2, 0.25) is 0 Å². The Morgan fingerprint density at radius 1 is 1.57 bits per heavy atom. The van der Waals surface area contributed by atoms with Crippen molar-refractivity contribution < 1.29 is 5.11 Å². The summed E-state index contributed by atoms with van der Waals surface area (Å²) in [6, 6.07) is 5.45. The molecular weight excluding hydrogens is 293 g/mol. The normalized spacial score (nSPS) is 9.79. The molecule has 0 aromatic heterocycles. The van der Waals surface area contributed by atoms with Gasteiger partial charge in [-0.3, -0.25) is 5.41 Å². The zero-order chi connectivity index (χ0) is 10.6. The fraction of sp³-hybridized carbons (Fsp3) is 0.222. The number of phenolic OH excluding ortho intramolecular Hbond substituents is 1. The highest BCUT2D eigenvalue weighted by Crippen LogP contribution is 2.20. The summed E-state index contributed by atoms with van der Waals surface area (Å²) in [6.07, 6.45) is 0.788. The van der Waals surface area contributed by atoms with E-state index in [-0.39, 0.29) is 5.96 Å². The third-order valence-corrected chi connectivity index (χ3v) is 2.61. The molecule has 0 bridgehead atoms. The van der Waals surface area contributed by atoms with Gasteiger partial charge in [0.25, 0.3) is 0 Å². The van der Waals surface area contributed by atoms with Gasteiger partial charge in [-0.05, 0) is 46.7 Å². The Morgan fingerprint density at radius 3 is 2.86 bits per heavy atom. The summed E-state index contributed by atoms with van der Waals surface area (Å²) in [4.78, 5) is 0. The molecule has 0 atom stereocenters. The van der Waals surface area contributed by atoms with E-state index in [0.717, 1.165) is 15.6 Å². The minimum Gasteiger partial charge on any atom is -0.507 e. The number of phenols is 1. The average Bonchev–Trinajstić information content (AvgIpc) is 2.10. The molecule has 76 valence electrons. The van der Waals surface area contributed by atoms with Gasteiger partial charge in [-0.25, -0.2) is 0 Å². The first-order valence-electron chi connectivity index (χ1n) is 4.15. The molecule has 5 heteroatoms. The third-order valence-electron chi connectivity index (χ3n) is 1.74. The number of halogens is 1. The fourth-order valence-electron chi connectivity index (χ4n) is 1.05. The molecule has 4 nitrogen and oxygen atoms in total. The first-order valence-corrected chi connectivity index (χ1v) is 5.23. The molecule has 0 saturated carbocycles. The van der Waals surface area contributed by atoms with Crippen LogP contribution in [0, 0.1) is 8.98 Å². The zero-order valence-electron chi connectivity index (χ0n) is 7.55. The molecule has 0 unspecified atom stereocenters. The Hall–Kier alpha value is -0.980. The molecule has 0 spiro atoms.